The summed E-state index contributed by atoms with van der Waals surface area (Å²) in [7, 11) is -1.30. The molecule has 14 heavy (non-hydrogen) atoms. The summed E-state index contributed by atoms with van der Waals surface area (Å²) in [5.41, 5.74) is 0. The van der Waals surface area contributed by atoms with Gasteiger partial charge in [0.2, 0.25) is 0 Å². The average molecular weight is 281 g/mol. The van der Waals surface area contributed by atoms with E-state index in [4.69, 9.17) is 4.43 Å². The molecule has 3 heteroatoms. The van der Waals surface area contributed by atoms with Crippen LogP contribution < -0.4 is 0 Å². The van der Waals surface area contributed by atoms with E-state index in [2.05, 4.69) is 35.9 Å². The fourth-order valence-electron chi connectivity index (χ4n) is 1.40. The summed E-state index contributed by atoms with van der Waals surface area (Å²) in [6.07, 6.45) is 6.43. The zero-order valence-electron chi connectivity index (χ0n) is 9.94. The fourth-order valence-corrected chi connectivity index (χ4v) is 3.84. The molecule has 0 N–H and O–H groups in total. The molecule has 86 valence electrons. The Morgan fingerprint density at radius 1 is 1.07 bits per heavy atom. The third-order valence-electron chi connectivity index (χ3n) is 2.40. The maximum absolute atomic E-state index is 6.00. The second-order valence-electron chi connectivity index (χ2n) is 4.46. The molecule has 0 aliphatic carbocycles. The number of rotatable bonds is 9. The van der Waals surface area contributed by atoms with E-state index < -0.39 is 8.32 Å². The van der Waals surface area contributed by atoms with Gasteiger partial charge in [0.15, 0.2) is 8.32 Å². The van der Waals surface area contributed by atoms with Gasteiger partial charge in [-0.25, -0.2) is 0 Å². The van der Waals surface area contributed by atoms with Crippen molar-refractivity contribution in [2.75, 3.05) is 11.9 Å². The molecule has 1 nitrogen and oxygen atoms in total. The average Bonchev–Trinajstić information content (AvgIpc) is 2.15. The minimum Gasteiger partial charge on any atom is -0.417 e. The maximum atomic E-state index is 6.00. The van der Waals surface area contributed by atoms with E-state index in [0.717, 1.165) is 11.9 Å². The first-order valence-electron chi connectivity index (χ1n) is 5.82. The van der Waals surface area contributed by atoms with Crippen LogP contribution in [0.4, 0.5) is 0 Å². The normalized spacial score (nSPS) is 12.0. The molecule has 0 fully saturated rings. The van der Waals surface area contributed by atoms with Crippen LogP contribution in [0.5, 0.6) is 0 Å². The zero-order valence-corrected chi connectivity index (χ0v) is 12.5. The molecule has 0 saturated carbocycles. The smallest absolute Gasteiger partial charge is 0.186 e. The molecule has 0 aromatic carbocycles. The Hall–Kier alpha value is 0.657. The Labute approximate surface area is 98.9 Å². The lowest BCUT2D eigenvalue weighted by Gasteiger charge is -2.22. The predicted octanol–water partition coefficient (Wildman–Crippen LogP) is 4.57. The maximum Gasteiger partial charge on any atom is 0.186 e. The summed E-state index contributed by atoms with van der Waals surface area (Å²) in [4.78, 5) is 0. The van der Waals surface area contributed by atoms with Crippen molar-refractivity contribution < 1.29 is 4.43 Å². The van der Waals surface area contributed by atoms with Gasteiger partial charge in [-0.1, -0.05) is 42.1 Å². The number of hydrogen-bond acceptors (Lipinski definition) is 1. The van der Waals surface area contributed by atoms with Gasteiger partial charge >= 0.3 is 0 Å². The number of hydrogen-bond donors (Lipinski definition) is 0. The molecule has 0 rings (SSSR count). The molecule has 0 aliphatic rings. The monoisotopic (exact) mass is 280 g/mol. The van der Waals surface area contributed by atoms with Gasteiger partial charge in [-0.05, 0) is 32.0 Å². The SMILES string of the molecule is CCCC[Si](C)(C)OCCCCCBr. The van der Waals surface area contributed by atoms with Gasteiger partial charge in [0.05, 0.1) is 0 Å². The summed E-state index contributed by atoms with van der Waals surface area (Å²) in [6.45, 7) is 7.91. The standard InChI is InChI=1S/C11H25BrOSi/c1-4-5-11-14(2,3)13-10-8-6-7-9-12/h4-11H2,1-3H3. The molecule has 0 aromatic rings. The van der Waals surface area contributed by atoms with Gasteiger partial charge in [0.1, 0.15) is 0 Å². The molecular formula is C11H25BrOSi. The highest BCUT2D eigenvalue weighted by molar-refractivity contribution is 9.09. The molecule has 0 radical (unpaired) electrons. The molecule has 0 saturated heterocycles. The Bertz CT molecular complexity index is 128. The van der Waals surface area contributed by atoms with E-state index in [1.165, 1.54) is 38.1 Å². The largest absolute Gasteiger partial charge is 0.417 e. The molecule has 0 spiro atoms. The van der Waals surface area contributed by atoms with Crippen molar-refractivity contribution in [1.29, 1.82) is 0 Å². The second-order valence-corrected chi connectivity index (χ2v) is 9.56. The van der Waals surface area contributed by atoms with Crippen LogP contribution in [0, 0.1) is 0 Å². The van der Waals surface area contributed by atoms with Crippen molar-refractivity contribution in [3.63, 3.8) is 0 Å². The van der Waals surface area contributed by atoms with Crippen molar-refractivity contribution in [1.82, 2.24) is 0 Å². The van der Waals surface area contributed by atoms with Crippen molar-refractivity contribution in [3.8, 4) is 0 Å². The summed E-state index contributed by atoms with van der Waals surface area (Å²) in [5.74, 6) is 0. The minimum atomic E-state index is -1.30. The molecule has 0 aliphatic heterocycles. The number of unbranched alkanes of at least 4 members (excludes halogenated alkanes) is 3. The number of alkyl halides is 1. The van der Waals surface area contributed by atoms with Gasteiger partial charge in [-0.15, -0.1) is 0 Å². The topological polar surface area (TPSA) is 9.23 Å². The molecule has 0 heterocycles. The van der Waals surface area contributed by atoms with Gasteiger partial charge < -0.3 is 4.43 Å². The first-order valence-corrected chi connectivity index (χ1v) is 10.1. The molecule has 0 atom stereocenters. The van der Waals surface area contributed by atoms with E-state index in [9.17, 15) is 0 Å². The van der Waals surface area contributed by atoms with E-state index >= 15 is 0 Å². The van der Waals surface area contributed by atoms with Crippen molar-refractivity contribution in [2.45, 2.75) is 58.2 Å². The lowest BCUT2D eigenvalue weighted by Crippen LogP contribution is -2.30. The van der Waals surface area contributed by atoms with Crippen LogP contribution in [0.15, 0.2) is 0 Å². The Morgan fingerprint density at radius 2 is 1.79 bits per heavy atom. The van der Waals surface area contributed by atoms with Crippen LogP contribution in [0.2, 0.25) is 19.1 Å². The Kier molecular flexibility index (Phi) is 9.34. The lowest BCUT2D eigenvalue weighted by atomic mass is 10.3. The predicted molar refractivity (Wildman–Crippen MR) is 70.8 cm³/mol. The first-order chi connectivity index (χ1) is 6.62. The van der Waals surface area contributed by atoms with Gasteiger partial charge in [-0.3, -0.25) is 0 Å². The van der Waals surface area contributed by atoms with E-state index in [-0.39, 0.29) is 0 Å². The van der Waals surface area contributed by atoms with Crippen LogP contribution in [0.3, 0.4) is 0 Å². The quantitative estimate of drug-likeness (QED) is 0.341. The highest BCUT2D eigenvalue weighted by Crippen LogP contribution is 2.15. The van der Waals surface area contributed by atoms with Crippen LogP contribution in [0.25, 0.3) is 0 Å². The van der Waals surface area contributed by atoms with Crippen molar-refractivity contribution in [3.05, 3.63) is 0 Å². The van der Waals surface area contributed by atoms with Crippen LogP contribution >= 0.6 is 15.9 Å². The van der Waals surface area contributed by atoms with Crippen LogP contribution in [0.1, 0.15) is 39.0 Å². The zero-order chi connectivity index (χ0) is 10.9. The Balaban J connectivity index is 3.35. The van der Waals surface area contributed by atoms with E-state index in [1.54, 1.807) is 0 Å². The Morgan fingerprint density at radius 3 is 2.36 bits per heavy atom. The third kappa shape index (κ3) is 9.22. The highest BCUT2D eigenvalue weighted by atomic mass is 79.9. The molecule has 0 amide bonds. The summed E-state index contributed by atoms with van der Waals surface area (Å²) < 4.78 is 6.00. The van der Waals surface area contributed by atoms with Crippen molar-refractivity contribution >= 4 is 24.2 Å². The first kappa shape index (κ1) is 14.7. The highest BCUT2D eigenvalue weighted by Gasteiger charge is 2.20. The fraction of sp³-hybridized carbons (Fsp3) is 1.00. The molecule has 0 aromatic heterocycles. The third-order valence-corrected chi connectivity index (χ3v) is 5.51. The molecule has 0 unspecified atom stereocenters. The summed E-state index contributed by atoms with van der Waals surface area (Å²) in [6, 6.07) is 1.32. The molecule has 0 bridgehead atoms. The summed E-state index contributed by atoms with van der Waals surface area (Å²) in [5, 5.41) is 1.13. The van der Waals surface area contributed by atoms with Crippen molar-refractivity contribution in [2.24, 2.45) is 0 Å². The second kappa shape index (κ2) is 8.92. The van der Waals surface area contributed by atoms with E-state index in [1.807, 2.05) is 0 Å². The van der Waals surface area contributed by atoms with Gasteiger partial charge in [0, 0.05) is 11.9 Å². The number of halogens is 1. The lowest BCUT2D eigenvalue weighted by molar-refractivity contribution is 0.295. The van der Waals surface area contributed by atoms with Gasteiger partial charge in [-0.2, -0.15) is 0 Å². The molecular weight excluding hydrogens is 256 g/mol. The van der Waals surface area contributed by atoms with E-state index in [0.29, 0.717) is 0 Å². The van der Waals surface area contributed by atoms with Crippen LogP contribution in [-0.2, 0) is 4.43 Å². The summed E-state index contributed by atoms with van der Waals surface area (Å²) >= 11 is 3.44. The van der Waals surface area contributed by atoms with Gasteiger partial charge in [0.25, 0.3) is 0 Å². The minimum absolute atomic E-state index is 0.982. The van der Waals surface area contributed by atoms with Crippen LogP contribution in [-0.4, -0.2) is 20.3 Å².